The van der Waals surface area contributed by atoms with Crippen molar-refractivity contribution in [1.82, 2.24) is 19.7 Å². The third-order valence-corrected chi connectivity index (χ3v) is 2.33. The zero-order chi connectivity index (χ0) is 11.7. The largest absolute Gasteiger partial charge is 0.388 e. The van der Waals surface area contributed by atoms with Crippen LogP contribution in [0.15, 0.2) is 18.3 Å². The number of hydrogen-bond donors (Lipinski definition) is 1. The van der Waals surface area contributed by atoms with Crippen LogP contribution in [0.1, 0.15) is 17.3 Å². The van der Waals surface area contributed by atoms with Crippen LogP contribution in [-0.4, -0.2) is 24.7 Å². The van der Waals surface area contributed by atoms with Gasteiger partial charge in [0.2, 0.25) is 0 Å². The first-order valence-corrected chi connectivity index (χ1v) is 5.15. The number of hydrogen-bond acceptors (Lipinski definition) is 4. The van der Waals surface area contributed by atoms with Gasteiger partial charge in [-0.05, 0) is 26.0 Å². The highest BCUT2D eigenvalue weighted by Crippen LogP contribution is 2.08. The average Bonchev–Trinajstić information content (AvgIpc) is 2.58. The van der Waals surface area contributed by atoms with Gasteiger partial charge in [-0.1, -0.05) is 12.2 Å². The van der Waals surface area contributed by atoms with Crippen molar-refractivity contribution in [2.45, 2.75) is 13.8 Å². The number of aromatic nitrogens is 4. The quantitative estimate of drug-likeness (QED) is 0.781. The van der Waals surface area contributed by atoms with Crippen LogP contribution in [0.5, 0.6) is 0 Å². The molecule has 5 nitrogen and oxygen atoms in total. The first kappa shape index (κ1) is 10.7. The maximum absolute atomic E-state index is 5.47. The van der Waals surface area contributed by atoms with Gasteiger partial charge >= 0.3 is 0 Å². The topological polar surface area (TPSA) is 69.6 Å². The molecule has 0 aliphatic rings. The lowest BCUT2D eigenvalue weighted by Crippen LogP contribution is -2.11. The molecule has 2 rings (SSSR count). The Hall–Kier alpha value is -1.82. The summed E-state index contributed by atoms with van der Waals surface area (Å²) in [5.41, 5.74) is 6.92. The van der Waals surface area contributed by atoms with E-state index in [0.717, 1.165) is 17.3 Å². The predicted octanol–water partition coefficient (Wildman–Crippen LogP) is 0.913. The first-order chi connectivity index (χ1) is 7.58. The van der Waals surface area contributed by atoms with Gasteiger partial charge in [0.15, 0.2) is 0 Å². The highest BCUT2D eigenvalue weighted by Gasteiger charge is 2.05. The lowest BCUT2D eigenvalue weighted by molar-refractivity contribution is 0.826. The maximum Gasteiger partial charge on any atom is 0.148 e. The Balaban J connectivity index is 2.42. The summed E-state index contributed by atoms with van der Waals surface area (Å²) < 4.78 is 1.73. The molecule has 16 heavy (non-hydrogen) atoms. The van der Waals surface area contributed by atoms with Gasteiger partial charge < -0.3 is 5.73 Å². The molecule has 0 atom stereocenters. The van der Waals surface area contributed by atoms with E-state index in [0.29, 0.717) is 5.69 Å². The molecule has 2 N–H and O–H groups in total. The van der Waals surface area contributed by atoms with Gasteiger partial charge in [0.05, 0.1) is 17.6 Å². The van der Waals surface area contributed by atoms with Crippen LogP contribution in [0.3, 0.4) is 0 Å². The molecule has 0 aliphatic heterocycles. The second kappa shape index (κ2) is 3.97. The minimum absolute atomic E-state index is 0.290. The lowest BCUT2D eigenvalue weighted by atomic mass is 10.3. The summed E-state index contributed by atoms with van der Waals surface area (Å²) in [5, 5.41) is 4.26. The van der Waals surface area contributed by atoms with Crippen LogP contribution < -0.4 is 5.73 Å². The van der Waals surface area contributed by atoms with Crippen LogP contribution in [0.25, 0.3) is 5.69 Å². The van der Waals surface area contributed by atoms with Crippen LogP contribution in [0.4, 0.5) is 0 Å². The molecule has 0 bridgehead atoms. The van der Waals surface area contributed by atoms with Crippen molar-refractivity contribution in [2.75, 3.05) is 0 Å². The Bertz CT molecular complexity index is 529. The molecule has 0 aromatic carbocycles. The number of nitrogens with zero attached hydrogens (tertiary/aromatic N) is 4. The zero-order valence-electron chi connectivity index (χ0n) is 9.01. The zero-order valence-corrected chi connectivity index (χ0v) is 9.82. The van der Waals surface area contributed by atoms with Crippen LogP contribution >= 0.6 is 12.2 Å². The second-order valence-electron chi connectivity index (χ2n) is 3.38. The fourth-order valence-electron chi connectivity index (χ4n) is 1.42. The van der Waals surface area contributed by atoms with Gasteiger partial charge in [0.1, 0.15) is 16.6 Å². The minimum Gasteiger partial charge on any atom is -0.388 e. The highest BCUT2D eigenvalue weighted by molar-refractivity contribution is 7.80. The van der Waals surface area contributed by atoms with Crippen LogP contribution in [-0.2, 0) is 0 Å². The van der Waals surface area contributed by atoms with E-state index in [-0.39, 0.29) is 4.99 Å². The van der Waals surface area contributed by atoms with E-state index in [1.54, 1.807) is 16.9 Å². The molecule has 0 saturated carbocycles. The molecular weight excluding hydrogens is 222 g/mol. The number of pyridine rings is 1. The van der Waals surface area contributed by atoms with Gasteiger partial charge in [-0.25, -0.2) is 9.67 Å². The van der Waals surface area contributed by atoms with E-state index in [1.807, 2.05) is 19.9 Å². The summed E-state index contributed by atoms with van der Waals surface area (Å²) in [5.74, 6) is 1.55. The average molecular weight is 233 g/mol. The van der Waals surface area contributed by atoms with E-state index in [4.69, 9.17) is 18.0 Å². The molecule has 2 aromatic heterocycles. The molecule has 82 valence electrons. The third kappa shape index (κ3) is 1.92. The van der Waals surface area contributed by atoms with Gasteiger partial charge in [-0.3, -0.25) is 4.98 Å². The van der Waals surface area contributed by atoms with E-state index < -0.39 is 0 Å². The molecule has 0 radical (unpaired) electrons. The summed E-state index contributed by atoms with van der Waals surface area (Å²) in [6.45, 7) is 3.74. The van der Waals surface area contributed by atoms with Gasteiger partial charge in [0.25, 0.3) is 0 Å². The number of thiocarbonyl (C=S) groups is 1. The Morgan fingerprint density at radius 3 is 2.56 bits per heavy atom. The van der Waals surface area contributed by atoms with Crippen molar-refractivity contribution >= 4 is 17.2 Å². The van der Waals surface area contributed by atoms with E-state index in [1.165, 1.54) is 0 Å². The maximum atomic E-state index is 5.47. The Morgan fingerprint density at radius 1 is 1.38 bits per heavy atom. The molecule has 0 fully saturated rings. The Morgan fingerprint density at radius 2 is 2.12 bits per heavy atom. The number of rotatable bonds is 2. The minimum atomic E-state index is 0.290. The number of aryl methyl sites for hydroxylation is 2. The second-order valence-corrected chi connectivity index (χ2v) is 3.82. The molecule has 6 heteroatoms. The Labute approximate surface area is 98.3 Å². The molecular formula is C10H11N5S. The van der Waals surface area contributed by atoms with Crippen molar-refractivity contribution < 1.29 is 0 Å². The smallest absolute Gasteiger partial charge is 0.148 e. The Kier molecular flexibility index (Phi) is 2.66. The van der Waals surface area contributed by atoms with Crippen molar-refractivity contribution in [2.24, 2.45) is 5.73 Å². The fraction of sp³-hybridized carbons (Fsp3) is 0.200. The van der Waals surface area contributed by atoms with Crippen molar-refractivity contribution in [3.63, 3.8) is 0 Å². The van der Waals surface area contributed by atoms with Gasteiger partial charge in [-0.2, -0.15) is 5.10 Å². The molecule has 2 aromatic rings. The van der Waals surface area contributed by atoms with E-state index in [2.05, 4.69) is 15.1 Å². The summed E-state index contributed by atoms with van der Waals surface area (Å²) in [6, 6.07) is 3.64. The van der Waals surface area contributed by atoms with Crippen LogP contribution in [0, 0.1) is 13.8 Å². The summed E-state index contributed by atoms with van der Waals surface area (Å²) in [6.07, 6.45) is 1.68. The summed E-state index contributed by atoms with van der Waals surface area (Å²) in [4.78, 5) is 8.66. The van der Waals surface area contributed by atoms with Crippen molar-refractivity contribution in [3.05, 3.63) is 35.7 Å². The monoisotopic (exact) mass is 233 g/mol. The van der Waals surface area contributed by atoms with E-state index in [9.17, 15) is 0 Å². The molecule has 0 saturated heterocycles. The number of nitrogens with two attached hydrogens (primary N) is 1. The van der Waals surface area contributed by atoms with Crippen molar-refractivity contribution in [3.8, 4) is 5.69 Å². The fourth-order valence-corrected chi connectivity index (χ4v) is 1.54. The summed E-state index contributed by atoms with van der Waals surface area (Å²) >= 11 is 4.83. The normalized spacial score (nSPS) is 10.4. The molecule has 0 amide bonds. The SMILES string of the molecule is Cc1nc(C)n(-c2ccc(C(N)=S)nc2)n1. The third-order valence-electron chi connectivity index (χ3n) is 2.12. The van der Waals surface area contributed by atoms with E-state index >= 15 is 0 Å². The molecule has 0 aliphatic carbocycles. The predicted molar refractivity (Wildman–Crippen MR) is 64.5 cm³/mol. The highest BCUT2D eigenvalue weighted by atomic mass is 32.1. The van der Waals surface area contributed by atoms with Gasteiger partial charge in [-0.15, -0.1) is 0 Å². The van der Waals surface area contributed by atoms with Gasteiger partial charge in [0, 0.05) is 0 Å². The van der Waals surface area contributed by atoms with Crippen molar-refractivity contribution in [1.29, 1.82) is 0 Å². The molecule has 0 unspecified atom stereocenters. The lowest BCUT2D eigenvalue weighted by Gasteiger charge is -2.03. The molecule has 0 spiro atoms. The van der Waals surface area contributed by atoms with Crippen LogP contribution in [0.2, 0.25) is 0 Å². The standard InChI is InChI=1S/C10H11N5S/c1-6-13-7(2)15(14-6)8-3-4-9(10(11)16)12-5-8/h3-5H,1-2H3,(H2,11,16). The first-order valence-electron chi connectivity index (χ1n) is 4.74. The molecule has 2 heterocycles. The summed E-state index contributed by atoms with van der Waals surface area (Å²) in [7, 11) is 0.